The van der Waals surface area contributed by atoms with Gasteiger partial charge in [0.2, 0.25) is 0 Å². The van der Waals surface area contributed by atoms with Gasteiger partial charge in [0, 0.05) is 18.6 Å². The van der Waals surface area contributed by atoms with Gasteiger partial charge in [0.15, 0.2) is 0 Å². The summed E-state index contributed by atoms with van der Waals surface area (Å²) in [5.41, 5.74) is 1.37. The minimum atomic E-state index is -0.103. The molecule has 3 atom stereocenters. The van der Waals surface area contributed by atoms with Crippen molar-refractivity contribution in [2.24, 2.45) is 0 Å². The predicted octanol–water partition coefficient (Wildman–Crippen LogP) is 2.59. The zero-order chi connectivity index (χ0) is 11.5. The fourth-order valence-electron chi connectivity index (χ4n) is 2.66. The van der Waals surface area contributed by atoms with E-state index in [4.69, 9.17) is 0 Å². The Morgan fingerprint density at radius 2 is 2.00 bits per heavy atom. The van der Waals surface area contributed by atoms with Crippen molar-refractivity contribution < 1.29 is 5.11 Å². The molecular weight excluding hydrogens is 198 g/mol. The van der Waals surface area contributed by atoms with Crippen LogP contribution in [0.4, 0.5) is 0 Å². The smallest absolute Gasteiger partial charge is 0.0567 e. The van der Waals surface area contributed by atoms with Crippen LogP contribution in [0.2, 0.25) is 0 Å². The van der Waals surface area contributed by atoms with E-state index in [1.807, 2.05) is 0 Å². The minimum Gasteiger partial charge on any atom is -0.393 e. The Hall–Kier alpha value is -0.860. The van der Waals surface area contributed by atoms with Crippen molar-refractivity contribution in [2.75, 3.05) is 6.54 Å². The Labute approximate surface area is 97.9 Å². The molecule has 0 radical (unpaired) electrons. The average molecular weight is 219 g/mol. The van der Waals surface area contributed by atoms with Crippen LogP contribution >= 0.6 is 0 Å². The van der Waals surface area contributed by atoms with Gasteiger partial charge >= 0.3 is 0 Å². The molecule has 2 nitrogen and oxygen atoms in total. The quantitative estimate of drug-likeness (QED) is 0.826. The predicted molar refractivity (Wildman–Crippen MR) is 66.3 cm³/mol. The molecule has 1 aromatic rings. The molecule has 0 saturated carbocycles. The SMILES string of the molecule is C[C@@H]1CC(O)CCN1[C@@H](C)c1ccccc1. The van der Waals surface area contributed by atoms with Gasteiger partial charge in [-0.25, -0.2) is 0 Å². The number of hydrogen-bond donors (Lipinski definition) is 1. The maximum Gasteiger partial charge on any atom is 0.0567 e. The van der Waals surface area contributed by atoms with Crippen molar-refractivity contribution >= 4 is 0 Å². The highest BCUT2D eigenvalue weighted by molar-refractivity contribution is 5.18. The van der Waals surface area contributed by atoms with Crippen LogP contribution in [0.3, 0.4) is 0 Å². The van der Waals surface area contributed by atoms with Crippen LogP contribution < -0.4 is 0 Å². The lowest BCUT2D eigenvalue weighted by Gasteiger charge is -2.40. The number of likely N-dealkylation sites (tertiary alicyclic amines) is 1. The summed E-state index contributed by atoms with van der Waals surface area (Å²) < 4.78 is 0. The molecule has 88 valence electrons. The Balaban J connectivity index is 2.07. The maximum atomic E-state index is 9.62. The molecule has 0 bridgehead atoms. The maximum absolute atomic E-state index is 9.62. The van der Waals surface area contributed by atoms with Crippen LogP contribution in [-0.2, 0) is 0 Å². The van der Waals surface area contributed by atoms with Crippen molar-refractivity contribution in [2.45, 2.75) is 44.9 Å². The van der Waals surface area contributed by atoms with Crippen LogP contribution in [0.5, 0.6) is 0 Å². The molecule has 1 aliphatic heterocycles. The lowest BCUT2D eigenvalue weighted by molar-refractivity contribution is 0.0277. The lowest BCUT2D eigenvalue weighted by atomic mass is 9.96. The van der Waals surface area contributed by atoms with E-state index < -0.39 is 0 Å². The van der Waals surface area contributed by atoms with Crippen LogP contribution in [0.25, 0.3) is 0 Å². The zero-order valence-corrected chi connectivity index (χ0v) is 10.1. The molecule has 1 aromatic carbocycles. The molecule has 1 saturated heterocycles. The molecule has 1 heterocycles. The monoisotopic (exact) mass is 219 g/mol. The van der Waals surface area contributed by atoms with E-state index in [-0.39, 0.29) is 6.10 Å². The Morgan fingerprint density at radius 1 is 1.31 bits per heavy atom. The third-order valence-electron chi connectivity index (χ3n) is 3.68. The number of nitrogens with zero attached hydrogens (tertiary/aromatic N) is 1. The van der Waals surface area contributed by atoms with Gasteiger partial charge in [-0.05, 0) is 32.3 Å². The van der Waals surface area contributed by atoms with Crippen molar-refractivity contribution in [3.8, 4) is 0 Å². The molecule has 16 heavy (non-hydrogen) atoms. The average Bonchev–Trinajstić information content (AvgIpc) is 2.29. The van der Waals surface area contributed by atoms with E-state index in [0.29, 0.717) is 12.1 Å². The van der Waals surface area contributed by atoms with E-state index >= 15 is 0 Å². The number of benzene rings is 1. The van der Waals surface area contributed by atoms with E-state index in [0.717, 1.165) is 19.4 Å². The summed E-state index contributed by atoms with van der Waals surface area (Å²) in [6, 6.07) is 11.5. The number of aliphatic hydroxyl groups excluding tert-OH is 1. The van der Waals surface area contributed by atoms with Crippen molar-refractivity contribution in [3.05, 3.63) is 35.9 Å². The summed E-state index contributed by atoms with van der Waals surface area (Å²) in [5.74, 6) is 0. The number of rotatable bonds is 2. The standard InChI is InChI=1S/C14H21NO/c1-11-10-14(16)8-9-15(11)12(2)13-6-4-3-5-7-13/h3-7,11-12,14,16H,8-10H2,1-2H3/t11-,12+,14?/m1/s1. The molecule has 0 aromatic heterocycles. The second-order valence-electron chi connectivity index (χ2n) is 4.85. The van der Waals surface area contributed by atoms with Crippen LogP contribution in [0.15, 0.2) is 30.3 Å². The van der Waals surface area contributed by atoms with E-state index in [2.05, 4.69) is 49.1 Å². The molecule has 2 heteroatoms. The Kier molecular flexibility index (Phi) is 3.62. The summed E-state index contributed by atoms with van der Waals surface area (Å²) >= 11 is 0. The van der Waals surface area contributed by atoms with E-state index in [9.17, 15) is 5.11 Å². The molecule has 1 aliphatic rings. The van der Waals surface area contributed by atoms with Crippen molar-refractivity contribution in [1.29, 1.82) is 0 Å². The van der Waals surface area contributed by atoms with Gasteiger partial charge in [-0.3, -0.25) is 4.90 Å². The second-order valence-corrected chi connectivity index (χ2v) is 4.85. The van der Waals surface area contributed by atoms with Gasteiger partial charge in [-0.2, -0.15) is 0 Å². The Bertz CT molecular complexity index is 325. The molecule has 1 unspecified atom stereocenters. The van der Waals surface area contributed by atoms with Crippen molar-refractivity contribution in [3.63, 3.8) is 0 Å². The second kappa shape index (κ2) is 4.98. The first-order valence-electron chi connectivity index (χ1n) is 6.17. The van der Waals surface area contributed by atoms with E-state index in [1.165, 1.54) is 5.56 Å². The first-order valence-corrected chi connectivity index (χ1v) is 6.17. The molecule has 2 rings (SSSR count). The third-order valence-corrected chi connectivity index (χ3v) is 3.68. The fourth-order valence-corrected chi connectivity index (χ4v) is 2.66. The number of piperidine rings is 1. The summed E-state index contributed by atoms with van der Waals surface area (Å²) in [4.78, 5) is 2.49. The van der Waals surface area contributed by atoms with Crippen LogP contribution in [0.1, 0.15) is 38.3 Å². The molecule has 1 N–H and O–H groups in total. The first kappa shape index (κ1) is 11.6. The summed E-state index contributed by atoms with van der Waals surface area (Å²) in [7, 11) is 0. The molecule has 0 amide bonds. The summed E-state index contributed by atoms with van der Waals surface area (Å²) in [6.45, 7) is 5.46. The highest BCUT2D eigenvalue weighted by atomic mass is 16.3. The van der Waals surface area contributed by atoms with Gasteiger partial charge in [0.1, 0.15) is 0 Å². The molecular formula is C14H21NO. The lowest BCUT2D eigenvalue weighted by Crippen LogP contribution is -2.43. The highest BCUT2D eigenvalue weighted by Crippen LogP contribution is 2.27. The van der Waals surface area contributed by atoms with Gasteiger partial charge in [0.25, 0.3) is 0 Å². The normalized spacial score (nSPS) is 28.9. The van der Waals surface area contributed by atoms with Gasteiger partial charge in [0.05, 0.1) is 6.10 Å². The highest BCUT2D eigenvalue weighted by Gasteiger charge is 2.27. The minimum absolute atomic E-state index is 0.103. The molecule has 1 fully saturated rings. The zero-order valence-electron chi connectivity index (χ0n) is 10.1. The van der Waals surface area contributed by atoms with E-state index in [1.54, 1.807) is 0 Å². The van der Waals surface area contributed by atoms with Crippen LogP contribution in [-0.4, -0.2) is 28.7 Å². The van der Waals surface area contributed by atoms with Gasteiger partial charge in [-0.15, -0.1) is 0 Å². The largest absolute Gasteiger partial charge is 0.393 e. The third kappa shape index (κ3) is 2.45. The van der Waals surface area contributed by atoms with Crippen molar-refractivity contribution in [1.82, 2.24) is 4.90 Å². The summed E-state index contributed by atoms with van der Waals surface area (Å²) in [5, 5.41) is 9.62. The number of hydrogen-bond acceptors (Lipinski definition) is 2. The molecule has 0 aliphatic carbocycles. The first-order chi connectivity index (χ1) is 7.68. The summed E-state index contributed by atoms with van der Waals surface area (Å²) in [6.07, 6.45) is 1.70. The topological polar surface area (TPSA) is 23.5 Å². The number of aliphatic hydroxyl groups is 1. The van der Waals surface area contributed by atoms with Gasteiger partial charge < -0.3 is 5.11 Å². The fraction of sp³-hybridized carbons (Fsp3) is 0.571. The molecule has 0 spiro atoms. The van der Waals surface area contributed by atoms with Crippen LogP contribution in [0, 0.1) is 0 Å². The Morgan fingerprint density at radius 3 is 2.62 bits per heavy atom. The van der Waals surface area contributed by atoms with Gasteiger partial charge in [-0.1, -0.05) is 30.3 Å².